The maximum atomic E-state index is 13.0. The van der Waals surface area contributed by atoms with Crippen LogP contribution < -0.4 is 5.32 Å². The largest absolute Gasteiger partial charge is 0.322 e. The molecule has 0 unspecified atom stereocenters. The highest BCUT2D eigenvalue weighted by Gasteiger charge is 2.40. The monoisotopic (exact) mass is 252 g/mol. The lowest BCUT2D eigenvalue weighted by Crippen LogP contribution is -2.40. The predicted molar refractivity (Wildman–Crippen MR) is 63.2 cm³/mol. The van der Waals surface area contributed by atoms with Crippen LogP contribution in [-0.2, 0) is 0 Å². The van der Waals surface area contributed by atoms with Crippen molar-refractivity contribution in [1.29, 1.82) is 0 Å². The van der Waals surface area contributed by atoms with Crippen molar-refractivity contribution in [2.45, 2.75) is 25.3 Å². The Bertz CT molecular complexity index is 492. The van der Waals surface area contributed by atoms with E-state index in [1.165, 1.54) is 12.5 Å². The van der Waals surface area contributed by atoms with E-state index >= 15 is 0 Å². The van der Waals surface area contributed by atoms with E-state index in [1.807, 2.05) is 0 Å². The number of benzene rings is 1. The summed E-state index contributed by atoms with van der Waals surface area (Å²) in [6.07, 6.45) is 3.32. The molecule has 0 radical (unpaired) electrons. The van der Waals surface area contributed by atoms with Gasteiger partial charge in [-0.2, -0.15) is 0 Å². The smallest absolute Gasteiger partial charge is 0.321 e. The third-order valence-electron chi connectivity index (χ3n) is 3.84. The van der Waals surface area contributed by atoms with Crippen molar-refractivity contribution in [3.63, 3.8) is 0 Å². The van der Waals surface area contributed by atoms with Crippen molar-refractivity contribution in [3.8, 4) is 0 Å². The van der Waals surface area contributed by atoms with Crippen LogP contribution in [0.25, 0.3) is 0 Å². The van der Waals surface area contributed by atoms with Crippen LogP contribution in [0, 0.1) is 17.6 Å². The van der Waals surface area contributed by atoms with E-state index in [-0.39, 0.29) is 6.03 Å². The van der Waals surface area contributed by atoms with Crippen LogP contribution in [0.2, 0.25) is 0 Å². The van der Waals surface area contributed by atoms with Gasteiger partial charge in [0.25, 0.3) is 0 Å². The predicted octanol–water partition coefficient (Wildman–Crippen LogP) is 2.98. The zero-order chi connectivity index (χ0) is 12.7. The molecule has 1 aromatic carbocycles. The first-order valence-corrected chi connectivity index (χ1v) is 6.16. The number of anilines is 1. The van der Waals surface area contributed by atoms with Gasteiger partial charge < -0.3 is 10.2 Å². The van der Waals surface area contributed by atoms with Gasteiger partial charge in [0.05, 0.1) is 0 Å². The summed E-state index contributed by atoms with van der Waals surface area (Å²) in [7, 11) is 0. The van der Waals surface area contributed by atoms with E-state index in [2.05, 4.69) is 5.32 Å². The minimum atomic E-state index is -0.948. The molecular formula is C13H14F2N2O. The SMILES string of the molecule is O=C(Nc1ccc(F)c(F)c1)N1C[C@H]2CC[C@H]1C2. The molecule has 3 rings (SSSR count). The van der Waals surface area contributed by atoms with Gasteiger partial charge in [0.1, 0.15) is 0 Å². The number of nitrogens with one attached hydrogen (secondary N) is 1. The maximum absolute atomic E-state index is 13.0. The third kappa shape index (κ3) is 1.94. The highest BCUT2D eigenvalue weighted by atomic mass is 19.2. The van der Waals surface area contributed by atoms with Crippen molar-refractivity contribution >= 4 is 11.7 Å². The van der Waals surface area contributed by atoms with Crippen molar-refractivity contribution in [3.05, 3.63) is 29.8 Å². The van der Waals surface area contributed by atoms with E-state index in [9.17, 15) is 13.6 Å². The minimum absolute atomic E-state index is 0.215. The Balaban J connectivity index is 1.69. The van der Waals surface area contributed by atoms with Crippen LogP contribution in [0.5, 0.6) is 0 Å². The fourth-order valence-corrected chi connectivity index (χ4v) is 2.94. The van der Waals surface area contributed by atoms with Gasteiger partial charge in [-0.15, -0.1) is 0 Å². The number of fused-ring (bicyclic) bond motifs is 2. The van der Waals surface area contributed by atoms with Crippen LogP contribution in [-0.4, -0.2) is 23.5 Å². The fourth-order valence-electron chi connectivity index (χ4n) is 2.94. The summed E-state index contributed by atoms with van der Waals surface area (Å²) in [5.41, 5.74) is 0.293. The number of likely N-dealkylation sites (tertiary alicyclic amines) is 1. The summed E-state index contributed by atoms with van der Waals surface area (Å²) < 4.78 is 25.8. The number of hydrogen-bond donors (Lipinski definition) is 1. The van der Waals surface area contributed by atoms with E-state index in [0.717, 1.165) is 31.5 Å². The Morgan fingerprint density at radius 3 is 2.72 bits per heavy atom. The fraction of sp³-hybridized carbons (Fsp3) is 0.462. The molecule has 1 aliphatic heterocycles. The third-order valence-corrected chi connectivity index (χ3v) is 3.84. The summed E-state index contributed by atoms with van der Waals surface area (Å²) in [5, 5.41) is 2.62. The molecule has 1 saturated carbocycles. The van der Waals surface area contributed by atoms with Crippen molar-refractivity contribution < 1.29 is 13.6 Å². The van der Waals surface area contributed by atoms with Gasteiger partial charge >= 0.3 is 6.03 Å². The molecule has 3 nitrogen and oxygen atoms in total. The van der Waals surface area contributed by atoms with E-state index in [0.29, 0.717) is 17.6 Å². The summed E-state index contributed by atoms with van der Waals surface area (Å²) in [6.45, 7) is 0.778. The van der Waals surface area contributed by atoms with Gasteiger partial charge in [0, 0.05) is 24.3 Å². The van der Waals surface area contributed by atoms with E-state index in [4.69, 9.17) is 0 Å². The van der Waals surface area contributed by atoms with Crippen molar-refractivity contribution in [2.75, 3.05) is 11.9 Å². The Labute approximate surface area is 104 Å². The number of carbonyl (C=O) groups is 1. The van der Waals surface area contributed by atoms with Gasteiger partial charge in [0.15, 0.2) is 11.6 Å². The Morgan fingerprint density at radius 2 is 2.11 bits per heavy atom. The molecule has 96 valence electrons. The molecule has 0 spiro atoms. The first-order chi connectivity index (χ1) is 8.63. The molecule has 5 heteroatoms. The number of hydrogen-bond acceptors (Lipinski definition) is 1. The Kier molecular flexibility index (Phi) is 2.69. The van der Waals surface area contributed by atoms with Gasteiger partial charge in [0.2, 0.25) is 0 Å². The second-order valence-corrected chi connectivity index (χ2v) is 5.04. The number of halogens is 2. The number of rotatable bonds is 1. The van der Waals surface area contributed by atoms with E-state index in [1.54, 1.807) is 4.90 Å². The first kappa shape index (κ1) is 11.4. The number of piperidine rings is 1. The molecule has 2 bridgehead atoms. The van der Waals surface area contributed by atoms with Gasteiger partial charge in [-0.05, 0) is 37.3 Å². The second-order valence-electron chi connectivity index (χ2n) is 5.04. The van der Waals surface area contributed by atoms with E-state index < -0.39 is 11.6 Å². The second kappa shape index (κ2) is 4.23. The summed E-state index contributed by atoms with van der Waals surface area (Å²) in [4.78, 5) is 13.8. The Morgan fingerprint density at radius 1 is 1.28 bits per heavy atom. The summed E-state index contributed by atoms with van der Waals surface area (Å²) >= 11 is 0. The molecular weight excluding hydrogens is 238 g/mol. The van der Waals surface area contributed by atoms with Crippen LogP contribution in [0.3, 0.4) is 0 Å². The molecule has 1 N–H and O–H groups in total. The number of urea groups is 1. The normalized spacial score (nSPS) is 25.6. The zero-order valence-corrected chi connectivity index (χ0v) is 9.83. The first-order valence-electron chi connectivity index (χ1n) is 6.16. The Hall–Kier alpha value is -1.65. The standard InChI is InChI=1S/C13H14F2N2O/c14-11-4-2-9(6-12(11)15)16-13(18)17-7-8-1-3-10(17)5-8/h2,4,6,8,10H,1,3,5,7H2,(H,16,18)/t8-,10-/m0/s1. The molecule has 2 fully saturated rings. The summed E-state index contributed by atoms with van der Waals surface area (Å²) in [5.74, 6) is -1.24. The molecule has 0 aromatic heterocycles. The lowest BCUT2D eigenvalue weighted by Gasteiger charge is -2.27. The molecule has 2 atom stereocenters. The molecule has 2 amide bonds. The van der Waals surface area contributed by atoms with Crippen molar-refractivity contribution in [1.82, 2.24) is 4.90 Å². The quantitative estimate of drug-likeness (QED) is 0.818. The maximum Gasteiger partial charge on any atom is 0.322 e. The number of carbonyl (C=O) groups excluding carboxylic acids is 1. The van der Waals surface area contributed by atoms with Crippen LogP contribution in [0.15, 0.2) is 18.2 Å². The highest BCUT2D eigenvalue weighted by molar-refractivity contribution is 5.89. The van der Waals surface area contributed by atoms with Crippen LogP contribution >= 0.6 is 0 Å². The zero-order valence-electron chi connectivity index (χ0n) is 9.83. The van der Waals surface area contributed by atoms with Crippen molar-refractivity contribution in [2.24, 2.45) is 5.92 Å². The number of nitrogens with zero attached hydrogens (tertiary/aromatic N) is 1. The molecule has 1 aliphatic carbocycles. The highest BCUT2D eigenvalue weighted by Crippen LogP contribution is 2.37. The average molecular weight is 252 g/mol. The van der Waals surface area contributed by atoms with Gasteiger partial charge in [-0.3, -0.25) is 0 Å². The van der Waals surface area contributed by atoms with Crippen LogP contribution in [0.4, 0.5) is 19.3 Å². The summed E-state index contributed by atoms with van der Waals surface area (Å²) in [6, 6.07) is 3.49. The molecule has 1 heterocycles. The minimum Gasteiger partial charge on any atom is -0.321 e. The number of amides is 2. The lowest BCUT2D eigenvalue weighted by molar-refractivity contribution is 0.194. The van der Waals surface area contributed by atoms with Gasteiger partial charge in [-0.25, -0.2) is 13.6 Å². The topological polar surface area (TPSA) is 32.3 Å². The average Bonchev–Trinajstić information content (AvgIpc) is 2.96. The molecule has 2 aliphatic rings. The molecule has 1 saturated heterocycles. The van der Waals surface area contributed by atoms with Crippen LogP contribution in [0.1, 0.15) is 19.3 Å². The molecule has 1 aromatic rings. The lowest BCUT2D eigenvalue weighted by atomic mass is 10.1. The molecule has 18 heavy (non-hydrogen) atoms. The van der Waals surface area contributed by atoms with Gasteiger partial charge in [-0.1, -0.05) is 0 Å².